The molecule has 2 aromatic rings. The number of ether oxygens (including phenoxy) is 2. The molecule has 4 unspecified atom stereocenters. The average molecular weight is 701 g/mol. The molecule has 51 heavy (non-hydrogen) atoms. The van der Waals surface area contributed by atoms with E-state index in [0.29, 0.717) is 23.9 Å². The lowest BCUT2D eigenvalue weighted by Crippen LogP contribution is -2.33. The minimum Gasteiger partial charge on any atom is -0.503 e. The van der Waals surface area contributed by atoms with Crippen molar-refractivity contribution in [2.24, 2.45) is 11.8 Å². The lowest BCUT2D eigenvalue weighted by molar-refractivity contribution is -0.528. The quantitative estimate of drug-likeness (QED) is 0.107. The second-order valence-corrected chi connectivity index (χ2v) is 19.0. The van der Waals surface area contributed by atoms with Gasteiger partial charge in [0.25, 0.3) is 0 Å². The molecule has 0 spiro atoms. The molecule has 0 radical (unpaired) electrons. The molecule has 4 rings (SSSR count). The Hall–Kier alpha value is -2.88. The molecule has 2 aliphatic rings. The highest BCUT2D eigenvalue weighted by molar-refractivity contribution is 5.52. The molecule has 0 bridgehead atoms. The largest absolute Gasteiger partial charge is 0.503 e. The number of benzene rings is 2. The Labute approximate surface area is 315 Å². The molecule has 0 aromatic heterocycles. The SMILES string of the molecule is C=[N+]([CH-]c1cc(C(C)(C)C)cc(C)c1OCOc1c([CH-][N+](=C)C2CCCCC2C)cc(C(C)(C)C)cc1C(C)(C)C)C1CCCCC1C.CCC. The molecule has 0 N–H and O–H groups in total. The second-order valence-electron chi connectivity index (χ2n) is 19.0. The molecule has 2 aromatic carbocycles. The smallest absolute Gasteiger partial charge is 0.210 e. The number of rotatable bonds is 10. The standard InChI is InChI=1S/C44H68N2O2.C3H8/c1-30-19-15-17-21-38(30)45(13)27-33-24-35(42(4,5)6)23-32(3)40(33)47-29-48-41-34(28-46(14)39-22-18-16-20-31(39)2)25-36(43(7,8)9)26-37(41)44(10,11)12;1-3-2/h23-28,30-31,38-39H,13-22,29H2,1-12H3;3H2,1-2H3. The summed E-state index contributed by atoms with van der Waals surface area (Å²) >= 11 is 0. The van der Waals surface area contributed by atoms with Crippen LogP contribution in [0.1, 0.15) is 181 Å². The fourth-order valence-electron chi connectivity index (χ4n) is 7.70. The van der Waals surface area contributed by atoms with Gasteiger partial charge in [-0.1, -0.05) is 138 Å². The molecule has 2 aliphatic carbocycles. The van der Waals surface area contributed by atoms with Crippen molar-refractivity contribution in [3.8, 4) is 11.5 Å². The van der Waals surface area contributed by atoms with Gasteiger partial charge in [-0.15, -0.1) is 12.1 Å². The van der Waals surface area contributed by atoms with Gasteiger partial charge in [0.1, 0.15) is 12.1 Å². The molecule has 4 heteroatoms. The first-order chi connectivity index (χ1) is 23.7. The molecule has 0 heterocycles. The Kier molecular flexibility index (Phi) is 14.8. The Morgan fingerprint density at radius 2 is 1.02 bits per heavy atom. The van der Waals surface area contributed by atoms with Gasteiger partial charge in [-0.3, -0.25) is 9.15 Å². The summed E-state index contributed by atoms with van der Waals surface area (Å²) in [5, 5.41) is 0. The summed E-state index contributed by atoms with van der Waals surface area (Å²) < 4.78 is 17.8. The van der Waals surface area contributed by atoms with Crippen LogP contribution in [0.5, 0.6) is 11.5 Å². The van der Waals surface area contributed by atoms with Crippen molar-refractivity contribution in [2.45, 2.75) is 183 Å². The van der Waals surface area contributed by atoms with Gasteiger partial charge in [0, 0.05) is 24.7 Å². The summed E-state index contributed by atoms with van der Waals surface area (Å²) in [6.07, 6.45) is 11.3. The van der Waals surface area contributed by atoms with Gasteiger partial charge < -0.3 is 9.47 Å². The van der Waals surface area contributed by atoms with Crippen LogP contribution in [0.15, 0.2) is 24.3 Å². The van der Waals surface area contributed by atoms with E-state index in [9.17, 15) is 0 Å². The Balaban J connectivity index is 0.00000226. The van der Waals surface area contributed by atoms with E-state index in [1.165, 1.54) is 74.5 Å². The van der Waals surface area contributed by atoms with Gasteiger partial charge >= 0.3 is 0 Å². The van der Waals surface area contributed by atoms with Crippen LogP contribution in [-0.2, 0) is 16.2 Å². The third-order valence-corrected chi connectivity index (χ3v) is 11.0. The summed E-state index contributed by atoms with van der Waals surface area (Å²) in [5.74, 6) is 2.99. The van der Waals surface area contributed by atoms with E-state index in [4.69, 9.17) is 9.47 Å². The third-order valence-electron chi connectivity index (χ3n) is 11.0. The van der Waals surface area contributed by atoms with Crippen molar-refractivity contribution in [2.75, 3.05) is 6.79 Å². The Morgan fingerprint density at radius 1 is 0.627 bits per heavy atom. The number of hydrogen-bond donors (Lipinski definition) is 0. The highest BCUT2D eigenvalue weighted by Crippen LogP contribution is 2.41. The Morgan fingerprint density at radius 3 is 1.43 bits per heavy atom. The lowest BCUT2D eigenvalue weighted by atomic mass is 9.78. The van der Waals surface area contributed by atoms with Crippen molar-refractivity contribution in [3.63, 3.8) is 0 Å². The number of nitrogens with zero attached hydrogens (tertiary/aromatic N) is 2. The van der Waals surface area contributed by atoms with Gasteiger partial charge in [0.2, 0.25) is 6.79 Å². The fraction of sp³-hybridized carbons (Fsp3) is 0.660. The monoisotopic (exact) mass is 701 g/mol. The topological polar surface area (TPSA) is 24.5 Å². The van der Waals surface area contributed by atoms with E-state index in [1.54, 1.807) is 0 Å². The summed E-state index contributed by atoms with van der Waals surface area (Å²) in [4.78, 5) is 0. The first-order valence-corrected chi connectivity index (χ1v) is 20.2. The first kappa shape index (κ1) is 42.5. The lowest BCUT2D eigenvalue weighted by Gasteiger charge is -2.34. The predicted octanol–water partition coefficient (Wildman–Crippen LogP) is 12.3. The van der Waals surface area contributed by atoms with Crippen molar-refractivity contribution < 1.29 is 18.6 Å². The maximum atomic E-state index is 6.78. The van der Waals surface area contributed by atoms with Crippen LogP contribution in [0.25, 0.3) is 0 Å². The van der Waals surface area contributed by atoms with Crippen LogP contribution < -0.4 is 9.47 Å². The second kappa shape index (κ2) is 17.8. The van der Waals surface area contributed by atoms with Crippen LogP contribution >= 0.6 is 0 Å². The molecule has 4 atom stereocenters. The summed E-state index contributed by atoms with van der Waals surface area (Å²) in [6, 6.07) is 10.1. The zero-order valence-corrected chi connectivity index (χ0v) is 35.5. The van der Waals surface area contributed by atoms with Crippen LogP contribution in [-0.4, -0.2) is 41.5 Å². The van der Waals surface area contributed by atoms with Gasteiger partial charge in [0.15, 0.2) is 0 Å². The summed E-state index contributed by atoms with van der Waals surface area (Å²) in [6.45, 7) is 45.3. The van der Waals surface area contributed by atoms with Crippen molar-refractivity contribution in [1.29, 1.82) is 0 Å². The normalized spacial score (nSPS) is 21.2. The van der Waals surface area contributed by atoms with E-state index in [-0.39, 0.29) is 23.0 Å². The maximum absolute atomic E-state index is 6.78. The van der Waals surface area contributed by atoms with E-state index < -0.39 is 0 Å². The van der Waals surface area contributed by atoms with Crippen molar-refractivity contribution >= 4 is 13.4 Å². The van der Waals surface area contributed by atoms with Crippen LogP contribution in [0.4, 0.5) is 0 Å². The van der Waals surface area contributed by atoms with E-state index in [2.05, 4.69) is 157 Å². The highest BCUT2D eigenvalue weighted by atomic mass is 16.7. The zero-order chi connectivity index (χ0) is 38.3. The molecule has 2 saturated carbocycles. The number of hydrogen-bond acceptors (Lipinski definition) is 2. The molecule has 286 valence electrons. The maximum Gasteiger partial charge on any atom is 0.210 e. The van der Waals surface area contributed by atoms with Gasteiger partial charge in [-0.2, -0.15) is 0 Å². The van der Waals surface area contributed by atoms with Crippen LogP contribution in [0.2, 0.25) is 0 Å². The molecule has 0 amide bonds. The molecular weight excluding hydrogens is 625 g/mol. The molecule has 4 nitrogen and oxygen atoms in total. The van der Waals surface area contributed by atoms with Gasteiger partial charge in [-0.25, -0.2) is 0 Å². The summed E-state index contributed by atoms with van der Waals surface area (Å²) in [5.41, 5.74) is 6.93. The zero-order valence-electron chi connectivity index (χ0n) is 35.5. The van der Waals surface area contributed by atoms with Gasteiger partial charge in [-0.05, 0) is 65.5 Å². The first-order valence-electron chi connectivity index (χ1n) is 20.2. The van der Waals surface area contributed by atoms with Crippen LogP contribution in [0.3, 0.4) is 0 Å². The van der Waals surface area contributed by atoms with Crippen LogP contribution in [0, 0.1) is 31.8 Å². The fourth-order valence-corrected chi connectivity index (χ4v) is 7.70. The number of aryl methyl sites for hydroxylation is 1. The van der Waals surface area contributed by atoms with E-state index in [0.717, 1.165) is 28.2 Å². The summed E-state index contributed by atoms with van der Waals surface area (Å²) in [7, 11) is 0. The van der Waals surface area contributed by atoms with Crippen molar-refractivity contribution in [1.82, 2.24) is 0 Å². The molecular formula is C47H76N2O2. The third kappa shape index (κ3) is 11.6. The van der Waals surface area contributed by atoms with Gasteiger partial charge in [0.05, 0.1) is 38.0 Å². The van der Waals surface area contributed by atoms with Crippen molar-refractivity contribution in [3.05, 3.63) is 70.7 Å². The average Bonchev–Trinajstić information content (AvgIpc) is 3.01. The molecule has 0 aliphatic heterocycles. The highest BCUT2D eigenvalue weighted by Gasteiger charge is 2.31. The van der Waals surface area contributed by atoms with E-state index >= 15 is 0 Å². The molecule has 2 fully saturated rings. The minimum absolute atomic E-state index is 0.00566. The van der Waals surface area contributed by atoms with E-state index in [1.807, 2.05) is 0 Å². The predicted molar refractivity (Wildman–Crippen MR) is 220 cm³/mol. The molecule has 0 saturated heterocycles. The Bertz CT molecular complexity index is 1470. The minimum atomic E-state index is -0.127.